The molecule has 1 saturated heterocycles. The fraction of sp³-hybridized carbons (Fsp3) is 0.265. The number of aromatic nitrogens is 3. The van der Waals surface area contributed by atoms with Crippen LogP contribution in [0, 0.1) is 0 Å². The van der Waals surface area contributed by atoms with E-state index in [9.17, 15) is 4.79 Å². The normalized spacial score (nSPS) is 14.2. The predicted molar refractivity (Wildman–Crippen MR) is 169 cm³/mol. The first kappa shape index (κ1) is 27.6. The Morgan fingerprint density at radius 2 is 1.71 bits per heavy atom. The number of rotatable bonds is 7. The fourth-order valence-electron chi connectivity index (χ4n) is 5.25. The number of carbonyl (C=O) groups is 1. The van der Waals surface area contributed by atoms with Crippen LogP contribution in [0.25, 0.3) is 16.9 Å². The molecule has 1 fully saturated rings. The van der Waals surface area contributed by atoms with Crippen molar-refractivity contribution in [3.63, 3.8) is 0 Å². The van der Waals surface area contributed by atoms with Crippen LogP contribution in [0.15, 0.2) is 91.4 Å². The third kappa shape index (κ3) is 6.35. The molecular weight excluding hydrogens is 522 g/mol. The number of nitrogens with one attached hydrogen (secondary N) is 3. The minimum atomic E-state index is -0.145. The number of piperazine rings is 1. The molecule has 3 aromatic carbocycles. The van der Waals surface area contributed by atoms with Crippen molar-refractivity contribution >= 4 is 28.7 Å². The van der Waals surface area contributed by atoms with Crippen LogP contribution < -0.4 is 16.0 Å². The summed E-state index contributed by atoms with van der Waals surface area (Å²) >= 11 is 0. The Hall–Kier alpha value is -4.53. The van der Waals surface area contributed by atoms with Gasteiger partial charge in [-0.15, -0.1) is 0 Å². The first-order valence-corrected chi connectivity index (χ1v) is 14.5. The summed E-state index contributed by atoms with van der Waals surface area (Å²) in [4.78, 5) is 25.0. The summed E-state index contributed by atoms with van der Waals surface area (Å²) in [6.07, 6.45) is 5.65. The molecule has 0 aliphatic carbocycles. The average molecular weight is 560 g/mol. The molecule has 214 valence electrons. The van der Waals surface area contributed by atoms with Gasteiger partial charge in [-0.1, -0.05) is 57.2 Å². The van der Waals surface area contributed by atoms with E-state index in [1.165, 1.54) is 11.1 Å². The maximum atomic E-state index is 13.0. The van der Waals surface area contributed by atoms with Crippen molar-refractivity contribution in [3.05, 3.63) is 108 Å². The monoisotopic (exact) mass is 559 g/mol. The molecule has 0 unspecified atom stereocenters. The van der Waals surface area contributed by atoms with Gasteiger partial charge < -0.3 is 20.4 Å². The summed E-state index contributed by atoms with van der Waals surface area (Å²) in [6, 6.07) is 24.0. The van der Waals surface area contributed by atoms with Crippen LogP contribution in [0.2, 0.25) is 0 Å². The van der Waals surface area contributed by atoms with Gasteiger partial charge >= 0.3 is 0 Å². The maximum Gasteiger partial charge on any atom is 0.255 e. The van der Waals surface area contributed by atoms with Crippen LogP contribution in [-0.2, 0) is 12.0 Å². The molecule has 8 nitrogen and oxygen atoms in total. The number of benzene rings is 3. The lowest BCUT2D eigenvalue weighted by atomic mass is 9.87. The van der Waals surface area contributed by atoms with Crippen molar-refractivity contribution < 1.29 is 4.79 Å². The number of hydrogen-bond acceptors (Lipinski definition) is 6. The van der Waals surface area contributed by atoms with E-state index in [4.69, 9.17) is 4.98 Å². The molecule has 6 rings (SSSR count). The highest BCUT2D eigenvalue weighted by Crippen LogP contribution is 2.27. The third-order valence-electron chi connectivity index (χ3n) is 7.61. The second kappa shape index (κ2) is 11.8. The second-order valence-electron chi connectivity index (χ2n) is 11.8. The van der Waals surface area contributed by atoms with Crippen LogP contribution >= 0.6 is 0 Å². The average Bonchev–Trinajstić information content (AvgIpc) is 3.47. The third-order valence-corrected chi connectivity index (χ3v) is 7.61. The van der Waals surface area contributed by atoms with Crippen molar-refractivity contribution in [1.29, 1.82) is 0 Å². The zero-order chi connectivity index (χ0) is 29.1. The summed E-state index contributed by atoms with van der Waals surface area (Å²) in [5.41, 5.74) is 7.19. The molecule has 0 radical (unpaired) electrons. The van der Waals surface area contributed by atoms with Crippen molar-refractivity contribution in [2.75, 3.05) is 36.8 Å². The quantitative estimate of drug-likeness (QED) is 0.224. The Morgan fingerprint density at radius 1 is 0.952 bits per heavy atom. The predicted octanol–water partition coefficient (Wildman–Crippen LogP) is 6.09. The number of fused-ring (bicyclic) bond motifs is 1. The highest BCUT2D eigenvalue weighted by molar-refractivity contribution is 6.04. The van der Waals surface area contributed by atoms with Crippen LogP contribution in [0.5, 0.6) is 0 Å². The van der Waals surface area contributed by atoms with Crippen molar-refractivity contribution in [2.24, 2.45) is 0 Å². The van der Waals surface area contributed by atoms with Gasteiger partial charge in [0, 0.05) is 73.8 Å². The van der Waals surface area contributed by atoms with E-state index in [0.29, 0.717) is 17.1 Å². The van der Waals surface area contributed by atoms with Gasteiger partial charge in [0.05, 0.1) is 5.69 Å². The summed E-state index contributed by atoms with van der Waals surface area (Å²) < 4.78 is 1.97. The molecule has 42 heavy (non-hydrogen) atoms. The first-order chi connectivity index (χ1) is 20.3. The van der Waals surface area contributed by atoms with Crippen molar-refractivity contribution in [3.8, 4) is 11.3 Å². The molecule has 2 aromatic heterocycles. The summed E-state index contributed by atoms with van der Waals surface area (Å²) in [5.74, 6) is 0.527. The highest BCUT2D eigenvalue weighted by atomic mass is 16.1. The Labute approximate surface area is 246 Å². The fourth-order valence-corrected chi connectivity index (χ4v) is 5.25. The SMILES string of the molecule is CC(C)(C)c1ccc(C(=O)Nc2cccc(-c3cn4ccnc4c(Nc4cccc(CN5CCNCC5)c4)n3)c2)cc1. The van der Waals surface area contributed by atoms with Gasteiger partial charge in [-0.2, -0.15) is 0 Å². The van der Waals surface area contributed by atoms with E-state index >= 15 is 0 Å². The van der Waals surface area contributed by atoms with Gasteiger partial charge in [0.15, 0.2) is 11.5 Å². The van der Waals surface area contributed by atoms with Crippen LogP contribution in [-0.4, -0.2) is 51.4 Å². The maximum absolute atomic E-state index is 13.0. The molecule has 5 aromatic rings. The van der Waals surface area contributed by atoms with Gasteiger partial charge in [0.2, 0.25) is 0 Å². The zero-order valence-corrected chi connectivity index (χ0v) is 24.4. The van der Waals surface area contributed by atoms with Gasteiger partial charge in [-0.25, -0.2) is 9.97 Å². The number of anilines is 3. The zero-order valence-electron chi connectivity index (χ0n) is 24.4. The van der Waals surface area contributed by atoms with Crippen LogP contribution in [0.4, 0.5) is 17.2 Å². The summed E-state index contributed by atoms with van der Waals surface area (Å²) in [7, 11) is 0. The topological polar surface area (TPSA) is 86.6 Å². The Morgan fingerprint density at radius 3 is 2.50 bits per heavy atom. The second-order valence-corrected chi connectivity index (χ2v) is 11.8. The summed E-state index contributed by atoms with van der Waals surface area (Å²) in [6.45, 7) is 11.6. The highest BCUT2D eigenvalue weighted by Gasteiger charge is 2.16. The van der Waals surface area contributed by atoms with Gasteiger partial charge in [-0.3, -0.25) is 9.69 Å². The van der Waals surface area contributed by atoms with E-state index < -0.39 is 0 Å². The van der Waals surface area contributed by atoms with E-state index in [-0.39, 0.29) is 11.3 Å². The summed E-state index contributed by atoms with van der Waals surface area (Å²) in [5, 5.41) is 9.96. The minimum absolute atomic E-state index is 0.0359. The van der Waals surface area contributed by atoms with E-state index in [1.807, 2.05) is 65.3 Å². The van der Waals surface area contributed by atoms with Gasteiger partial charge in [0.1, 0.15) is 0 Å². The molecule has 0 bridgehead atoms. The van der Waals surface area contributed by atoms with Crippen LogP contribution in [0.1, 0.15) is 42.3 Å². The number of hydrogen-bond donors (Lipinski definition) is 3. The molecule has 1 aliphatic heterocycles. The number of amides is 1. The number of carbonyl (C=O) groups excluding carboxylic acids is 1. The molecule has 0 atom stereocenters. The van der Waals surface area contributed by atoms with Gasteiger partial charge in [-0.05, 0) is 52.9 Å². The smallest absolute Gasteiger partial charge is 0.255 e. The van der Waals surface area contributed by atoms with Gasteiger partial charge in [0.25, 0.3) is 5.91 Å². The molecule has 1 aliphatic rings. The Balaban J connectivity index is 1.22. The molecule has 0 spiro atoms. The molecule has 1 amide bonds. The number of imidazole rings is 1. The Kier molecular flexibility index (Phi) is 7.73. The molecule has 3 heterocycles. The Bertz CT molecular complexity index is 1700. The van der Waals surface area contributed by atoms with E-state index in [0.717, 1.165) is 55.3 Å². The molecular formula is C34H37N7O. The van der Waals surface area contributed by atoms with E-state index in [2.05, 4.69) is 70.9 Å². The lowest BCUT2D eigenvalue weighted by molar-refractivity contribution is 0.102. The van der Waals surface area contributed by atoms with Crippen LogP contribution in [0.3, 0.4) is 0 Å². The largest absolute Gasteiger partial charge is 0.337 e. The molecule has 0 saturated carbocycles. The van der Waals surface area contributed by atoms with Crippen molar-refractivity contribution in [1.82, 2.24) is 24.6 Å². The minimum Gasteiger partial charge on any atom is -0.337 e. The van der Waals surface area contributed by atoms with Crippen molar-refractivity contribution in [2.45, 2.75) is 32.7 Å². The molecule has 3 N–H and O–H groups in total. The molecule has 8 heteroatoms. The standard InChI is InChI=1S/C34H37N7O/c1-34(2,3)27-12-10-25(11-13-27)33(42)38-29-9-5-7-26(21-29)30-23-41-19-16-36-32(41)31(39-30)37-28-8-4-6-24(20-28)22-40-17-14-35-15-18-40/h4-13,16,19-21,23,35H,14-15,17-18,22H2,1-3H3,(H,37,39)(H,38,42). The lowest BCUT2D eigenvalue weighted by Gasteiger charge is -2.27. The lowest BCUT2D eigenvalue weighted by Crippen LogP contribution is -2.42. The first-order valence-electron chi connectivity index (χ1n) is 14.5. The van der Waals surface area contributed by atoms with E-state index in [1.54, 1.807) is 6.20 Å². The number of nitrogens with zero attached hydrogens (tertiary/aromatic N) is 4.